The van der Waals surface area contributed by atoms with E-state index in [1.54, 1.807) is 24.3 Å². The van der Waals surface area contributed by atoms with Crippen LogP contribution >= 0.6 is 0 Å². The summed E-state index contributed by atoms with van der Waals surface area (Å²) in [5.41, 5.74) is 1.30. The number of benzene rings is 2. The fourth-order valence-corrected chi connectivity index (χ4v) is 4.67. The molecular formula is C22H22FN5O4S. The van der Waals surface area contributed by atoms with Crippen LogP contribution in [0.5, 0.6) is 0 Å². The maximum atomic E-state index is 13.0. The SMILES string of the molecule is O=[N+]([O-])c1cccc(CN2CCN(c3ccc(NS(=O)(=O)c4ccc(F)cc4)cn3)CC2)c1. The number of hydrogen-bond donors (Lipinski definition) is 1. The van der Waals surface area contributed by atoms with Crippen molar-refractivity contribution in [2.24, 2.45) is 0 Å². The van der Waals surface area contributed by atoms with Gasteiger partial charge in [0.1, 0.15) is 11.6 Å². The molecule has 2 heterocycles. The molecule has 0 amide bonds. The van der Waals surface area contributed by atoms with E-state index in [9.17, 15) is 22.9 Å². The van der Waals surface area contributed by atoms with Crippen LogP contribution in [0.15, 0.2) is 71.8 Å². The normalized spacial score (nSPS) is 14.8. The molecule has 3 aromatic rings. The molecule has 33 heavy (non-hydrogen) atoms. The summed E-state index contributed by atoms with van der Waals surface area (Å²) in [5, 5.41) is 11.0. The van der Waals surface area contributed by atoms with Crippen molar-refractivity contribution in [3.63, 3.8) is 0 Å². The molecule has 1 aliphatic rings. The molecule has 172 valence electrons. The Balaban J connectivity index is 1.33. The number of nitro groups is 1. The molecule has 1 aromatic heterocycles. The highest BCUT2D eigenvalue weighted by atomic mass is 32.2. The molecule has 0 radical (unpaired) electrons. The van der Waals surface area contributed by atoms with Gasteiger partial charge < -0.3 is 4.90 Å². The van der Waals surface area contributed by atoms with Gasteiger partial charge in [0.05, 0.1) is 21.7 Å². The molecule has 9 nitrogen and oxygen atoms in total. The van der Waals surface area contributed by atoms with Crippen molar-refractivity contribution < 1.29 is 17.7 Å². The number of non-ortho nitro benzene ring substituents is 1. The van der Waals surface area contributed by atoms with E-state index in [0.29, 0.717) is 12.2 Å². The molecule has 0 spiro atoms. The molecule has 0 bridgehead atoms. The first kappa shape index (κ1) is 22.6. The molecule has 0 atom stereocenters. The van der Waals surface area contributed by atoms with E-state index in [-0.39, 0.29) is 10.6 Å². The van der Waals surface area contributed by atoms with Gasteiger partial charge in [0, 0.05) is 44.9 Å². The van der Waals surface area contributed by atoms with Gasteiger partial charge >= 0.3 is 0 Å². The second-order valence-electron chi connectivity index (χ2n) is 7.65. The first-order chi connectivity index (χ1) is 15.8. The van der Waals surface area contributed by atoms with Crippen LogP contribution in [0.1, 0.15) is 5.56 Å². The molecule has 1 aliphatic heterocycles. The zero-order valence-corrected chi connectivity index (χ0v) is 18.4. The lowest BCUT2D eigenvalue weighted by atomic mass is 10.1. The van der Waals surface area contributed by atoms with Crippen LogP contribution < -0.4 is 9.62 Å². The van der Waals surface area contributed by atoms with Crippen LogP contribution in [0.2, 0.25) is 0 Å². The van der Waals surface area contributed by atoms with Gasteiger partial charge in [-0.1, -0.05) is 12.1 Å². The Kier molecular flexibility index (Phi) is 6.52. The molecule has 0 aliphatic carbocycles. The number of nitro benzene ring substituents is 1. The predicted octanol–water partition coefficient (Wildman–Crippen LogP) is 3.25. The number of rotatable bonds is 7. The van der Waals surface area contributed by atoms with Crippen molar-refractivity contribution in [3.05, 3.63) is 88.4 Å². The molecular weight excluding hydrogens is 449 g/mol. The summed E-state index contributed by atoms with van der Waals surface area (Å²) in [5.74, 6) is 0.222. The lowest BCUT2D eigenvalue weighted by Gasteiger charge is -2.35. The second-order valence-corrected chi connectivity index (χ2v) is 9.34. The van der Waals surface area contributed by atoms with Crippen molar-refractivity contribution in [2.45, 2.75) is 11.4 Å². The van der Waals surface area contributed by atoms with Crippen LogP contribution in [0.3, 0.4) is 0 Å². The van der Waals surface area contributed by atoms with E-state index in [1.165, 1.54) is 24.4 Å². The van der Waals surface area contributed by atoms with E-state index in [1.807, 2.05) is 6.07 Å². The quantitative estimate of drug-likeness (QED) is 0.416. The van der Waals surface area contributed by atoms with Crippen LogP contribution in [0.25, 0.3) is 0 Å². The summed E-state index contributed by atoms with van der Waals surface area (Å²) < 4.78 is 40.3. The van der Waals surface area contributed by atoms with Gasteiger partial charge in [-0.25, -0.2) is 17.8 Å². The third-order valence-electron chi connectivity index (χ3n) is 5.35. The van der Waals surface area contributed by atoms with Crippen LogP contribution in [-0.2, 0) is 16.6 Å². The summed E-state index contributed by atoms with van der Waals surface area (Å²) in [6, 6.07) is 14.6. The molecule has 4 rings (SSSR count). The first-order valence-electron chi connectivity index (χ1n) is 10.3. The number of hydrogen-bond acceptors (Lipinski definition) is 7. The number of nitrogens with zero attached hydrogens (tertiary/aromatic N) is 4. The van der Waals surface area contributed by atoms with Gasteiger partial charge in [-0.2, -0.15) is 0 Å². The van der Waals surface area contributed by atoms with Crippen LogP contribution in [0.4, 0.5) is 21.6 Å². The average Bonchev–Trinajstić information content (AvgIpc) is 2.80. The van der Waals surface area contributed by atoms with E-state index in [0.717, 1.165) is 49.7 Å². The largest absolute Gasteiger partial charge is 0.354 e. The molecule has 11 heteroatoms. The molecule has 1 saturated heterocycles. The zero-order valence-electron chi connectivity index (χ0n) is 17.6. The number of anilines is 2. The molecule has 0 saturated carbocycles. The van der Waals surface area contributed by atoms with E-state index >= 15 is 0 Å². The lowest BCUT2D eigenvalue weighted by Crippen LogP contribution is -2.46. The summed E-state index contributed by atoms with van der Waals surface area (Å²) in [6.07, 6.45) is 1.45. The minimum absolute atomic E-state index is 0.0344. The highest BCUT2D eigenvalue weighted by Crippen LogP contribution is 2.21. The Labute approximate surface area is 190 Å². The highest BCUT2D eigenvalue weighted by molar-refractivity contribution is 7.92. The Morgan fingerprint density at radius 1 is 1.03 bits per heavy atom. The second kappa shape index (κ2) is 9.51. The number of piperazine rings is 1. The molecule has 0 unspecified atom stereocenters. The van der Waals surface area contributed by atoms with Gasteiger partial charge in [-0.3, -0.25) is 19.7 Å². The highest BCUT2D eigenvalue weighted by Gasteiger charge is 2.20. The summed E-state index contributed by atoms with van der Waals surface area (Å²) in [6.45, 7) is 3.62. The van der Waals surface area contributed by atoms with Gasteiger partial charge in [-0.15, -0.1) is 0 Å². The van der Waals surface area contributed by atoms with Gasteiger partial charge in [0.25, 0.3) is 15.7 Å². The third kappa shape index (κ3) is 5.62. The Morgan fingerprint density at radius 3 is 2.39 bits per heavy atom. The van der Waals surface area contributed by atoms with Crippen LogP contribution in [-0.4, -0.2) is 49.4 Å². The van der Waals surface area contributed by atoms with E-state index < -0.39 is 20.8 Å². The molecule has 1 fully saturated rings. The summed E-state index contributed by atoms with van der Waals surface area (Å²) in [4.78, 5) is 19.2. The number of aromatic nitrogens is 1. The average molecular weight is 472 g/mol. The minimum atomic E-state index is -3.83. The maximum absolute atomic E-state index is 13.0. The van der Waals surface area contributed by atoms with E-state index in [4.69, 9.17) is 0 Å². The zero-order chi connectivity index (χ0) is 23.4. The monoisotopic (exact) mass is 471 g/mol. The van der Waals surface area contributed by atoms with Gasteiger partial charge in [0.2, 0.25) is 0 Å². The Hall–Kier alpha value is -3.57. The fourth-order valence-electron chi connectivity index (χ4n) is 3.62. The number of halogens is 1. The van der Waals surface area contributed by atoms with Crippen LogP contribution in [0, 0.1) is 15.9 Å². The van der Waals surface area contributed by atoms with Gasteiger partial charge in [0.15, 0.2) is 0 Å². The van der Waals surface area contributed by atoms with E-state index in [2.05, 4.69) is 19.5 Å². The number of sulfonamides is 1. The van der Waals surface area contributed by atoms with Gasteiger partial charge in [-0.05, 0) is 42.0 Å². The molecule has 1 N–H and O–H groups in total. The number of nitrogens with one attached hydrogen (secondary N) is 1. The topological polar surface area (TPSA) is 109 Å². The lowest BCUT2D eigenvalue weighted by molar-refractivity contribution is -0.384. The van der Waals surface area contributed by atoms with Crippen molar-refractivity contribution >= 4 is 27.2 Å². The number of pyridine rings is 1. The third-order valence-corrected chi connectivity index (χ3v) is 6.75. The summed E-state index contributed by atoms with van der Waals surface area (Å²) >= 11 is 0. The first-order valence-corrected chi connectivity index (χ1v) is 11.7. The van der Waals surface area contributed by atoms with Crippen molar-refractivity contribution in [1.82, 2.24) is 9.88 Å². The minimum Gasteiger partial charge on any atom is -0.354 e. The predicted molar refractivity (Wildman–Crippen MR) is 122 cm³/mol. The smallest absolute Gasteiger partial charge is 0.269 e. The molecule has 2 aromatic carbocycles. The Morgan fingerprint density at radius 2 is 1.76 bits per heavy atom. The Bertz CT molecular complexity index is 1230. The van der Waals surface area contributed by atoms with Crippen molar-refractivity contribution in [1.29, 1.82) is 0 Å². The maximum Gasteiger partial charge on any atom is 0.269 e. The van der Waals surface area contributed by atoms with Crippen molar-refractivity contribution in [3.8, 4) is 0 Å². The fraction of sp³-hybridized carbons (Fsp3) is 0.227. The summed E-state index contributed by atoms with van der Waals surface area (Å²) in [7, 11) is -3.83. The standard InChI is InChI=1S/C22H22FN5O4S/c23-18-4-7-21(8-5-18)33(31,32)25-19-6-9-22(24-15-19)27-12-10-26(11-13-27)16-17-2-1-3-20(14-17)28(29)30/h1-9,14-15,25H,10-13,16H2. The van der Waals surface area contributed by atoms with Crippen molar-refractivity contribution in [2.75, 3.05) is 35.8 Å².